The van der Waals surface area contributed by atoms with E-state index in [1.54, 1.807) is 0 Å². The second kappa shape index (κ2) is 2.71. The third-order valence-corrected chi connectivity index (χ3v) is 1.86. The number of carbonyl (C=O) groups is 1. The molecular formula is C8H6F2O3. The van der Waals surface area contributed by atoms with Gasteiger partial charge < -0.3 is 9.47 Å². The molecule has 0 bridgehead atoms. The van der Waals surface area contributed by atoms with Crippen molar-refractivity contribution in [1.82, 2.24) is 0 Å². The summed E-state index contributed by atoms with van der Waals surface area (Å²) in [4.78, 5) is 10.7. The lowest BCUT2D eigenvalue weighted by Crippen LogP contribution is -2.34. The molecule has 1 saturated heterocycles. The lowest BCUT2D eigenvalue weighted by Gasteiger charge is -2.25. The van der Waals surface area contributed by atoms with E-state index in [2.05, 4.69) is 0 Å². The third kappa shape index (κ3) is 1.12. The Hall–Kier alpha value is -1.07. The Labute approximate surface area is 72.6 Å². The van der Waals surface area contributed by atoms with E-state index in [-0.39, 0.29) is 13.2 Å². The number of ether oxygens (including phenoxy) is 2. The number of ketones is 1. The SMILES string of the molecule is O=C1C=C(F)C2(OCCO2)C(F)=C1. The first kappa shape index (κ1) is 8.52. The van der Waals surface area contributed by atoms with Gasteiger partial charge in [-0.25, -0.2) is 8.78 Å². The fourth-order valence-electron chi connectivity index (χ4n) is 1.28. The zero-order valence-corrected chi connectivity index (χ0v) is 6.55. The fourth-order valence-corrected chi connectivity index (χ4v) is 1.28. The first-order chi connectivity index (χ1) is 6.15. The van der Waals surface area contributed by atoms with Crippen molar-refractivity contribution in [2.24, 2.45) is 0 Å². The van der Waals surface area contributed by atoms with E-state index in [1.807, 2.05) is 0 Å². The highest BCUT2D eigenvalue weighted by molar-refractivity contribution is 6.01. The molecule has 1 heterocycles. The van der Waals surface area contributed by atoms with Crippen LogP contribution in [0.25, 0.3) is 0 Å². The molecule has 2 aliphatic rings. The number of halogens is 2. The summed E-state index contributed by atoms with van der Waals surface area (Å²) in [6.07, 6.45) is 1.32. The summed E-state index contributed by atoms with van der Waals surface area (Å²) < 4.78 is 35.9. The fraction of sp³-hybridized carbons (Fsp3) is 0.375. The van der Waals surface area contributed by atoms with Gasteiger partial charge >= 0.3 is 0 Å². The van der Waals surface area contributed by atoms with Gasteiger partial charge in [-0.3, -0.25) is 4.79 Å². The summed E-state index contributed by atoms with van der Waals surface area (Å²) in [5, 5.41) is 0. The molecule has 1 aliphatic heterocycles. The molecular weight excluding hydrogens is 182 g/mol. The van der Waals surface area contributed by atoms with E-state index in [1.165, 1.54) is 0 Å². The zero-order valence-electron chi connectivity index (χ0n) is 6.55. The summed E-state index contributed by atoms with van der Waals surface area (Å²) in [6, 6.07) is 0. The molecule has 2 rings (SSSR count). The van der Waals surface area contributed by atoms with Gasteiger partial charge in [-0.2, -0.15) is 0 Å². The van der Waals surface area contributed by atoms with E-state index in [0.717, 1.165) is 0 Å². The van der Waals surface area contributed by atoms with Gasteiger partial charge in [-0.15, -0.1) is 0 Å². The highest BCUT2D eigenvalue weighted by Gasteiger charge is 2.48. The smallest absolute Gasteiger partial charge is 0.277 e. The molecule has 0 saturated carbocycles. The quantitative estimate of drug-likeness (QED) is 0.569. The largest absolute Gasteiger partial charge is 0.336 e. The van der Waals surface area contributed by atoms with E-state index >= 15 is 0 Å². The molecule has 0 radical (unpaired) electrons. The van der Waals surface area contributed by atoms with Gasteiger partial charge in [-0.05, 0) is 0 Å². The van der Waals surface area contributed by atoms with E-state index < -0.39 is 23.2 Å². The topological polar surface area (TPSA) is 35.5 Å². The van der Waals surface area contributed by atoms with E-state index in [9.17, 15) is 13.6 Å². The Bertz CT molecular complexity index is 289. The molecule has 0 amide bonds. The van der Waals surface area contributed by atoms with Crippen molar-refractivity contribution in [2.75, 3.05) is 13.2 Å². The Morgan fingerprint density at radius 1 is 1.15 bits per heavy atom. The molecule has 70 valence electrons. The molecule has 0 aromatic carbocycles. The van der Waals surface area contributed by atoms with Crippen molar-refractivity contribution in [3.05, 3.63) is 23.8 Å². The van der Waals surface area contributed by atoms with Crippen molar-refractivity contribution in [3.8, 4) is 0 Å². The monoisotopic (exact) mass is 188 g/mol. The summed E-state index contributed by atoms with van der Waals surface area (Å²) in [7, 11) is 0. The van der Waals surface area contributed by atoms with Crippen LogP contribution in [0.4, 0.5) is 8.78 Å². The summed E-state index contributed by atoms with van der Waals surface area (Å²) in [5.41, 5.74) is 0. The van der Waals surface area contributed by atoms with Crippen LogP contribution in [0.5, 0.6) is 0 Å². The van der Waals surface area contributed by atoms with Crippen molar-refractivity contribution >= 4 is 5.78 Å². The van der Waals surface area contributed by atoms with Gasteiger partial charge in [0.2, 0.25) is 0 Å². The van der Waals surface area contributed by atoms with Gasteiger partial charge in [-0.1, -0.05) is 0 Å². The first-order valence-electron chi connectivity index (χ1n) is 3.72. The Morgan fingerprint density at radius 3 is 2.08 bits per heavy atom. The molecule has 0 N–H and O–H groups in total. The van der Waals surface area contributed by atoms with Gasteiger partial charge in [0.1, 0.15) is 0 Å². The van der Waals surface area contributed by atoms with Crippen LogP contribution in [0.15, 0.2) is 23.8 Å². The lowest BCUT2D eigenvalue weighted by molar-refractivity contribution is -0.129. The standard InChI is InChI=1S/C8H6F2O3/c9-6-3-5(11)4-7(10)8(6)12-1-2-13-8/h3-4H,1-2H2. The lowest BCUT2D eigenvalue weighted by atomic mass is 10.1. The number of rotatable bonds is 0. The normalized spacial score (nSPS) is 26.2. The molecule has 0 aromatic heterocycles. The van der Waals surface area contributed by atoms with Gasteiger partial charge in [0.05, 0.1) is 13.2 Å². The van der Waals surface area contributed by atoms with Crippen LogP contribution in [0.1, 0.15) is 0 Å². The molecule has 1 fully saturated rings. The van der Waals surface area contributed by atoms with Crippen LogP contribution in [-0.4, -0.2) is 24.8 Å². The Balaban J connectivity index is 2.42. The van der Waals surface area contributed by atoms with Gasteiger partial charge in [0.25, 0.3) is 5.79 Å². The van der Waals surface area contributed by atoms with Crippen LogP contribution in [0.3, 0.4) is 0 Å². The number of hydrogen-bond acceptors (Lipinski definition) is 3. The van der Waals surface area contributed by atoms with Crippen LogP contribution < -0.4 is 0 Å². The summed E-state index contributed by atoms with van der Waals surface area (Å²) in [6.45, 7) is 0.216. The maximum atomic E-state index is 13.2. The summed E-state index contributed by atoms with van der Waals surface area (Å²) in [5.74, 6) is -4.86. The molecule has 3 nitrogen and oxygen atoms in total. The number of allylic oxidation sites excluding steroid dienone is 2. The molecule has 0 unspecified atom stereocenters. The predicted molar refractivity (Wildman–Crippen MR) is 38.0 cm³/mol. The predicted octanol–water partition coefficient (Wildman–Crippen LogP) is 1.02. The molecule has 1 spiro atoms. The molecule has 0 aromatic rings. The van der Waals surface area contributed by atoms with Crippen molar-refractivity contribution in [3.63, 3.8) is 0 Å². The van der Waals surface area contributed by atoms with Gasteiger partial charge in [0.15, 0.2) is 17.4 Å². The molecule has 5 heteroatoms. The van der Waals surface area contributed by atoms with Crippen molar-refractivity contribution < 1.29 is 23.0 Å². The molecule has 0 atom stereocenters. The van der Waals surface area contributed by atoms with Crippen LogP contribution >= 0.6 is 0 Å². The van der Waals surface area contributed by atoms with Crippen LogP contribution in [0, 0.1) is 0 Å². The Morgan fingerprint density at radius 2 is 1.62 bits per heavy atom. The highest BCUT2D eigenvalue weighted by Crippen LogP contribution is 2.38. The van der Waals surface area contributed by atoms with E-state index in [0.29, 0.717) is 12.2 Å². The van der Waals surface area contributed by atoms with Crippen molar-refractivity contribution in [1.29, 1.82) is 0 Å². The average molecular weight is 188 g/mol. The number of hydrogen-bond donors (Lipinski definition) is 0. The molecule has 1 aliphatic carbocycles. The van der Waals surface area contributed by atoms with Gasteiger partial charge in [0, 0.05) is 12.2 Å². The highest BCUT2D eigenvalue weighted by atomic mass is 19.1. The second-order valence-electron chi connectivity index (χ2n) is 2.70. The first-order valence-corrected chi connectivity index (χ1v) is 3.72. The second-order valence-corrected chi connectivity index (χ2v) is 2.70. The van der Waals surface area contributed by atoms with E-state index in [4.69, 9.17) is 9.47 Å². The van der Waals surface area contributed by atoms with Crippen molar-refractivity contribution in [2.45, 2.75) is 5.79 Å². The summed E-state index contributed by atoms with van der Waals surface area (Å²) >= 11 is 0. The average Bonchev–Trinajstić information content (AvgIpc) is 2.50. The maximum Gasteiger partial charge on any atom is 0.277 e. The minimum absolute atomic E-state index is 0.108. The number of carbonyl (C=O) groups excluding carboxylic acids is 1. The van der Waals surface area contributed by atoms with Crippen LogP contribution in [0.2, 0.25) is 0 Å². The molecule has 13 heavy (non-hydrogen) atoms. The minimum Gasteiger partial charge on any atom is -0.336 e. The Kier molecular flexibility index (Phi) is 1.78. The third-order valence-electron chi connectivity index (χ3n) is 1.86. The minimum atomic E-state index is -2.06. The maximum absolute atomic E-state index is 13.2. The van der Waals surface area contributed by atoms with Crippen LogP contribution in [-0.2, 0) is 14.3 Å². The zero-order chi connectivity index (χ0) is 9.47.